The Labute approximate surface area is 209 Å². The van der Waals surface area contributed by atoms with Crippen molar-refractivity contribution in [1.29, 1.82) is 0 Å². The fraction of sp³-hybridized carbons (Fsp3) is 0.346. The molecule has 0 fully saturated rings. The van der Waals surface area contributed by atoms with Crippen LogP contribution >= 0.6 is 22.9 Å². The monoisotopic (exact) mass is 500 g/mol. The molecule has 0 aliphatic carbocycles. The molecule has 0 atom stereocenters. The minimum Gasteiger partial charge on any atom is -0.481 e. The van der Waals surface area contributed by atoms with E-state index in [1.54, 1.807) is 11.3 Å². The molecule has 2 N–H and O–H groups in total. The SMILES string of the molecule is C=Cc1sc2ccc(Cl)cc2[n+]1CCCCNC(=O)CCN(CC)c1ccc(CC(=O)O)cc1. The van der Waals surface area contributed by atoms with Crippen molar-refractivity contribution in [1.82, 2.24) is 5.32 Å². The number of hydrogen-bond donors (Lipinski definition) is 2. The Bertz CT molecular complexity index is 1140. The minimum atomic E-state index is -0.843. The second-order valence-corrected chi connectivity index (χ2v) is 9.53. The molecule has 1 aromatic heterocycles. The smallest absolute Gasteiger partial charge is 0.307 e. The van der Waals surface area contributed by atoms with E-state index in [4.69, 9.17) is 16.7 Å². The highest BCUT2D eigenvalue weighted by molar-refractivity contribution is 7.18. The van der Waals surface area contributed by atoms with Gasteiger partial charge in [0.05, 0.1) is 6.42 Å². The van der Waals surface area contributed by atoms with Crippen LogP contribution in [0, 0.1) is 0 Å². The summed E-state index contributed by atoms with van der Waals surface area (Å²) in [6, 6.07) is 13.4. The molecule has 1 amide bonds. The van der Waals surface area contributed by atoms with Crippen molar-refractivity contribution in [2.24, 2.45) is 0 Å². The Kier molecular flexibility index (Phi) is 9.48. The summed E-state index contributed by atoms with van der Waals surface area (Å²) in [5.74, 6) is -0.808. The molecular formula is C26H31ClN3O3S+. The summed E-state index contributed by atoms with van der Waals surface area (Å²) in [6.07, 6.45) is 4.12. The second kappa shape index (κ2) is 12.5. The Morgan fingerprint density at radius 3 is 2.65 bits per heavy atom. The largest absolute Gasteiger partial charge is 0.481 e. The molecule has 3 rings (SSSR count). The van der Waals surface area contributed by atoms with Crippen LogP contribution in [0.2, 0.25) is 5.02 Å². The van der Waals surface area contributed by atoms with Crippen LogP contribution in [0.15, 0.2) is 49.0 Å². The quantitative estimate of drug-likeness (QED) is 0.258. The number of fused-ring (bicyclic) bond motifs is 1. The molecule has 0 saturated carbocycles. The lowest BCUT2D eigenvalue weighted by Gasteiger charge is -2.23. The number of amides is 1. The van der Waals surface area contributed by atoms with Crippen molar-refractivity contribution in [3.05, 3.63) is 64.6 Å². The number of carbonyl (C=O) groups excluding carboxylic acids is 1. The Morgan fingerprint density at radius 2 is 1.97 bits per heavy atom. The van der Waals surface area contributed by atoms with Crippen molar-refractivity contribution in [3.8, 4) is 0 Å². The van der Waals surface area contributed by atoms with Gasteiger partial charge in [-0.1, -0.05) is 41.6 Å². The van der Waals surface area contributed by atoms with Crippen molar-refractivity contribution >= 4 is 56.8 Å². The van der Waals surface area contributed by atoms with Gasteiger partial charge in [-0.2, -0.15) is 4.57 Å². The first-order chi connectivity index (χ1) is 16.4. The van der Waals surface area contributed by atoms with E-state index in [0.717, 1.165) is 52.7 Å². The predicted octanol–water partition coefficient (Wildman–Crippen LogP) is 4.93. The van der Waals surface area contributed by atoms with Crippen molar-refractivity contribution in [2.75, 3.05) is 24.5 Å². The van der Waals surface area contributed by atoms with E-state index in [0.29, 0.717) is 19.5 Å². The molecule has 0 aliphatic rings. The van der Waals surface area contributed by atoms with Gasteiger partial charge in [-0.25, -0.2) is 0 Å². The maximum atomic E-state index is 12.3. The molecule has 0 bridgehead atoms. The third-order valence-electron chi connectivity index (χ3n) is 5.64. The fourth-order valence-corrected chi connectivity index (χ4v) is 5.06. The normalized spacial score (nSPS) is 10.9. The van der Waals surface area contributed by atoms with Crippen LogP contribution in [-0.2, 0) is 22.6 Å². The first kappa shape index (κ1) is 25.7. The highest BCUT2D eigenvalue weighted by Crippen LogP contribution is 2.24. The lowest BCUT2D eigenvalue weighted by molar-refractivity contribution is -0.669. The number of benzene rings is 2. The zero-order valence-electron chi connectivity index (χ0n) is 19.4. The van der Waals surface area contributed by atoms with Crippen molar-refractivity contribution in [3.63, 3.8) is 0 Å². The van der Waals surface area contributed by atoms with Gasteiger partial charge in [0.1, 0.15) is 4.70 Å². The lowest BCUT2D eigenvalue weighted by Crippen LogP contribution is -2.35. The number of carboxylic acid groups (broad SMARTS) is 1. The number of thiazole rings is 1. The van der Waals surface area contributed by atoms with Crippen molar-refractivity contribution < 1.29 is 19.3 Å². The Morgan fingerprint density at radius 1 is 1.21 bits per heavy atom. The van der Waals surface area contributed by atoms with E-state index in [9.17, 15) is 9.59 Å². The first-order valence-electron chi connectivity index (χ1n) is 11.5. The summed E-state index contributed by atoms with van der Waals surface area (Å²) in [7, 11) is 0. The molecule has 34 heavy (non-hydrogen) atoms. The summed E-state index contributed by atoms with van der Waals surface area (Å²) >= 11 is 7.88. The molecular weight excluding hydrogens is 470 g/mol. The average Bonchev–Trinajstić information content (AvgIpc) is 3.16. The number of carbonyl (C=O) groups is 2. The molecule has 0 radical (unpaired) electrons. The van der Waals surface area contributed by atoms with Gasteiger partial charge in [0.15, 0.2) is 6.54 Å². The van der Waals surface area contributed by atoms with Crippen LogP contribution < -0.4 is 14.8 Å². The van der Waals surface area contributed by atoms with Crippen LogP contribution in [0.25, 0.3) is 16.3 Å². The van der Waals surface area contributed by atoms with Crippen LogP contribution in [0.1, 0.15) is 36.8 Å². The van der Waals surface area contributed by atoms with E-state index in [2.05, 4.69) is 21.4 Å². The third-order valence-corrected chi connectivity index (χ3v) is 7.04. The van der Waals surface area contributed by atoms with Crippen LogP contribution in [-0.4, -0.2) is 36.6 Å². The Hall–Kier alpha value is -2.90. The summed E-state index contributed by atoms with van der Waals surface area (Å²) in [4.78, 5) is 25.3. The highest BCUT2D eigenvalue weighted by Gasteiger charge is 2.18. The number of carboxylic acids is 1. The molecule has 3 aromatic rings. The van der Waals surface area contributed by atoms with E-state index in [1.807, 2.05) is 55.5 Å². The van der Waals surface area contributed by atoms with E-state index in [1.165, 1.54) is 4.70 Å². The third kappa shape index (κ3) is 7.05. The van der Waals surface area contributed by atoms with Gasteiger partial charge in [-0.3, -0.25) is 9.59 Å². The van der Waals surface area contributed by atoms with Gasteiger partial charge in [0.25, 0.3) is 5.01 Å². The van der Waals surface area contributed by atoms with Crippen molar-refractivity contribution in [2.45, 2.75) is 39.2 Å². The minimum absolute atomic E-state index is 0.0125. The molecule has 8 heteroatoms. The van der Waals surface area contributed by atoms with Crippen LogP contribution in [0.5, 0.6) is 0 Å². The molecule has 0 unspecified atom stereocenters. The van der Waals surface area contributed by atoms with Gasteiger partial charge in [0.2, 0.25) is 11.4 Å². The van der Waals surface area contributed by atoms with E-state index >= 15 is 0 Å². The molecule has 6 nitrogen and oxygen atoms in total. The van der Waals surface area contributed by atoms with E-state index < -0.39 is 5.97 Å². The number of nitrogens with one attached hydrogen (secondary N) is 1. The number of hydrogen-bond acceptors (Lipinski definition) is 4. The molecule has 2 aromatic carbocycles. The van der Waals surface area contributed by atoms with E-state index in [-0.39, 0.29) is 12.3 Å². The Balaban J connectivity index is 1.41. The predicted molar refractivity (Wildman–Crippen MR) is 140 cm³/mol. The summed E-state index contributed by atoms with van der Waals surface area (Å²) in [6.45, 7) is 8.84. The maximum Gasteiger partial charge on any atom is 0.307 e. The fourth-order valence-electron chi connectivity index (χ4n) is 3.87. The average molecular weight is 501 g/mol. The maximum absolute atomic E-state index is 12.3. The number of nitrogens with zero attached hydrogens (tertiary/aromatic N) is 2. The number of unbranched alkanes of at least 4 members (excludes halogenated alkanes) is 1. The number of aryl methyl sites for hydroxylation is 1. The summed E-state index contributed by atoms with van der Waals surface area (Å²) < 4.78 is 3.42. The molecule has 0 spiro atoms. The first-order valence-corrected chi connectivity index (χ1v) is 12.7. The zero-order valence-corrected chi connectivity index (χ0v) is 21.0. The summed E-state index contributed by atoms with van der Waals surface area (Å²) in [5, 5.41) is 13.8. The summed E-state index contributed by atoms with van der Waals surface area (Å²) in [5.41, 5.74) is 2.87. The van der Waals surface area contributed by atoms with Crippen LogP contribution in [0.4, 0.5) is 5.69 Å². The van der Waals surface area contributed by atoms with Crippen LogP contribution in [0.3, 0.4) is 0 Å². The topological polar surface area (TPSA) is 73.5 Å². The molecule has 0 saturated heterocycles. The number of rotatable bonds is 13. The number of halogens is 1. The number of aromatic nitrogens is 1. The molecule has 180 valence electrons. The lowest BCUT2D eigenvalue weighted by atomic mass is 10.1. The van der Waals surface area contributed by atoms with Gasteiger partial charge in [0, 0.05) is 55.3 Å². The number of anilines is 1. The van der Waals surface area contributed by atoms with Gasteiger partial charge in [-0.15, -0.1) is 0 Å². The number of aliphatic carboxylic acids is 1. The second-order valence-electron chi connectivity index (χ2n) is 8.03. The molecule has 0 aliphatic heterocycles. The zero-order chi connectivity index (χ0) is 24.5. The highest BCUT2D eigenvalue weighted by atomic mass is 35.5. The van der Waals surface area contributed by atoms with Gasteiger partial charge >= 0.3 is 5.97 Å². The molecule has 1 heterocycles. The van der Waals surface area contributed by atoms with Gasteiger partial charge in [-0.05, 0) is 43.2 Å². The standard InChI is InChI=1S/C26H30ClN3O3S/c1-3-25-30(22-18-20(27)9-12-23(22)34-25)15-6-5-14-28-24(31)13-16-29(4-2)21-10-7-19(8-11-21)17-26(32)33/h3,7-12,18H,1,4-6,13-17H2,2H3,(H-,28,31,32,33)/p+1. The van der Waals surface area contributed by atoms with Gasteiger partial charge < -0.3 is 15.3 Å².